The van der Waals surface area contributed by atoms with Crippen molar-refractivity contribution in [3.63, 3.8) is 0 Å². The van der Waals surface area contributed by atoms with Crippen LogP contribution in [0.1, 0.15) is 13.3 Å². The van der Waals surface area contributed by atoms with Crippen molar-refractivity contribution in [1.29, 1.82) is 0 Å². The summed E-state index contributed by atoms with van der Waals surface area (Å²) in [7, 11) is 1.62. The average molecular weight is 382 g/mol. The minimum atomic E-state index is -0.0805. The van der Waals surface area contributed by atoms with Gasteiger partial charge in [0.15, 0.2) is 0 Å². The number of piperazine rings is 1. The molecule has 0 aromatic heterocycles. The number of hydrogen-bond acceptors (Lipinski definition) is 6. The fourth-order valence-electron chi connectivity index (χ4n) is 3.54. The van der Waals surface area contributed by atoms with E-state index in [-0.39, 0.29) is 6.03 Å². The van der Waals surface area contributed by atoms with Crippen molar-refractivity contribution in [3.8, 4) is 5.75 Å². The summed E-state index contributed by atoms with van der Waals surface area (Å²) in [5.74, 6) is 2.70. The van der Waals surface area contributed by atoms with Gasteiger partial charge in [-0.3, -0.25) is 4.99 Å². The molecule has 0 radical (unpaired) electrons. The summed E-state index contributed by atoms with van der Waals surface area (Å²) >= 11 is 0. The number of aliphatic imine (C=N–C) groups is 2. The Morgan fingerprint density at radius 1 is 1.21 bits per heavy atom. The van der Waals surface area contributed by atoms with E-state index in [0.717, 1.165) is 49.1 Å². The van der Waals surface area contributed by atoms with Gasteiger partial charge in [-0.2, -0.15) is 0 Å². The van der Waals surface area contributed by atoms with Gasteiger partial charge in [-0.15, -0.1) is 0 Å². The lowest BCUT2D eigenvalue weighted by molar-refractivity contribution is 0.167. The van der Waals surface area contributed by atoms with E-state index >= 15 is 0 Å². The van der Waals surface area contributed by atoms with E-state index in [2.05, 4.69) is 33.1 Å². The van der Waals surface area contributed by atoms with Crippen molar-refractivity contribution in [2.75, 3.05) is 45.2 Å². The molecule has 1 aromatic carbocycles. The van der Waals surface area contributed by atoms with Crippen LogP contribution in [0.2, 0.25) is 0 Å². The third kappa shape index (κ3) is 3.81. The van der Waals surface area contributed by atoms with Crippen LogP contribution in [0.15, 0.2) is 46.1 Å². The van der Waals surface area contributed by atoms with Crippen LogP contribution in [0.3, 0.4) is 0 Å². The van der Waals surface area contributed by atoms with Gasteiger partial charge in [0.1, 0.15) is 17.4 Å². The smallest absolute Gasteiger partial charge is 0.321 e. The summed E-state index contributed by atoms with van der Waals surface area (Å²) < 4.78 is 5.14. The van der Waals surface area contributed by atoms with Gasteiger partial charge in [-0.05, 0) is 30.7 Å². The van der Waals surface area contributed by atoms with E-state index in [4.69, 9.17) is 9.73 Å². The molecule has 1 fully saturated rings. The molecule has 0 aliphatic carbocycles. The number of nitrogens with zero attached hydrogens (tertiary/aromatic N) is 5. The van der Waals surface area contributed by atoms with Gasteiger partial charge in [-0.1, -0.05) is 6.92 Å². The zero-order valence-corrected chi connectivity index (χ0v) is 16.3. The molecule has 1 N–H and O–H groups in total. The lowest BCUT2D eigenvalue weighted by Crippen LogP contribution is -2.49. The second kappa shape index (κ2) is 7.92. The Labute approximate surface area is 165 Å². The quantitative estimate of drug-likeness (QED) is 0.867. The van der Waals surface area contributed by atoms with Crippen LogP contribution in [0, 0.1) is 0 Å². The second-order valence-corrected chi connectivity index (χ2v) is 7.08. The molecule has 3 heterocycles. The summed E-state index contributed by atoms with van der Waals surface area (Å²) in [6, 6.07) is 7.62. The number of benzene rings is 1. The van der Waals surface area contributed by atoms with Gasteiger partial charge in [0, 0.05) is 44.5 Å². The molecular weight excluding hydrogens is 356 g/mol. The molecule has 0 spiro atoms. The highest BCUT2D eigenvalue weighted by Gasteiger charge is 2.27. The Morgan fingerprint density at radius 2 is 1.96 bits per heavy atom. The van der Waals surface area contributed by atoms with Crippen LogP contribution < -0.4 is 10.1 Å². The van der Waals surface area contributed by atoms with Gasteiger partial charge in [-0.25, -0.2) is 9.79 Å². The van der Waals surface area contributed by atoms with Crippen molar-refractivity contribution in [2.24, 2.45) is 9.98 Å². The molecule has 1 aromatic rings. The first-order valence-corrected chi connectivity index (χ1v) is 9.71. The largest absolute Gasteiger partial charge is 0.497 e. The Bertz CT molecular complexity index is 808. The highest BCUT2D eigenvalue weighted by molar-refractivity contribution is 6.03. The maximum Gasteiger partial charge on any atom is 0.321 e. The third-order valence-electron chi connectivity index (χ3n) is 5.31. The predicted molar refractivity (Wildman–Crippen MR) is 110 cm³/mol. The number of rotatable bonds is 4. The fraction of sp³-hybridized carbons (Fsp3) is 0.450. The van der Waals surface area contributed by atoms with E-state index in [1.807, 2.05) is 35.5 Å². The van der Waals surface area contributed by atoms with Crippen molar-refractivity contribution in [1.82, 2.24) is 14.7 Å². The van der Waals surface area contributed by atoms with Gasteiger partial charge >= 0.3 is 6.03 Å². The molecule has 8 nitrogen and oxygen atoms in total. The summed E-state index contributed by atoms with van der Waals surface area (Å²) in [5.41, 5.74) is 0.762. The fourth-order valence-corrected chi connectivity index (χ4v) is 3.54. The summed E-state index contributed by atoms with van der Waals surface area (Å²) in [4.78, 5) is 28.0. The maximum absolute atomic E-state index is 12.5. The number of anilines is 1. The first-order chi connectivity index (χ1) is 13.7. The number of carbonyl (C=O) groups excluding carboxylic acids is 1. The van der Waals surface area contributed by atoms with Crippen molar-refractivity contribution in [3.05, 3.63) is 36.2 Å². The number of carbonyl (C=O) groups is 1. The van der Waals surface area contributed by atoms with Crippen LogP contribution in [-0.4, -0.2) is 78.8 Å². The number of amides is 2. The topological polar surface area (TPSA) is 72.8 Å². The first-order valence-electron chi connectivity index (χ1n) is 9.71. The molecule has 0 saturated carbocycles. The molecule has 1 atom stereocenters. The molecule has 4 rings (SSSR count). The van der Waals surface area contributed by atoms with Crippen LogP contribution in [0.4, 0.5) is 10.5 Å². The van der Waals surface area contributed by atoms with Gasteiger partial charge in [0.25, 0.3) is 0 Å². The van der Waals surface area contributed by atoms with E-state index in [1.165, 1.54) is 0 Å². The van der Waals surface area contributed by atoms with Gasteiger partial charge < -0.3 is 24.8 Å². The second-order valence-electron chi connectivity index (χ2n) is 7.08. The minimum Gasteiger partial charge on any atom is -0.497 e. The van der Waals surface area contributed by atoms with Crippen molar-refractivity contribution >= 4 is 23.9 Å². The molecule has 8 heteroatoms. The standard InChI is InChI=1S/C20H26N6O2/c1-3-15-13-26-14-21-18(12-19(26)22-15)24-8-10-25(11-9-24)20(27)23-16-4-6-17(28-2)7-5-16/h4-7,12,14-15H,3,8-11,13H2,1-2H3,(H,23,27). The molecule has 1 unspecified atom stereocenters. The van der Waals surface area contributed by atoms with Gasteiger partial charge in [0.2, 0.25) is 0 Å². The average Bonchev–Trinajstić information content (AvgIpc) is 3.17. The molecule has 1 saturated heterocycles. The Morgan fingerprint density at radius 3 is 2.64 bits per heavy atom. The lowest BCUT2D eigenvalue weighted by Gasteiger charge is -2.36. The number of urea groups is 1. The van der Waals surface area contributed by atoms with Crippen molar-refractivity contribution < 1.29 is 9.53 Å². The van der Waals surface area contributed by atoms with Crippen molar-refractivity contribution in [2.45, 2.75) is 19.4 Å². The molecule has 28 heavy (non-hydrogen) atoms. The maximum atomic E-state index is 12.5. The summed E-state index contributed by atoms with van der Waals surface area (Å²) in [6.45, 7) is 5.89. The third-order valence-corrected chi connectivity index (χ3v) is 5.31. The Kier molecular flexibility index (Phi) is 5.18. The van der Waals surface area contributed by atoms with Gasteiger partial charge in [0.05, 0.1) is 19.5 Å². The minimum absolute atomic E-state index is 0.0805. The molecule has 148 valence electrons. The lowest BCUT2D eigenvalue weighted by atomic mass is 10.2. The number of fused-ring (bicyclic) bond motifs is 1. The number of hydrogen-bond donors (Lipinski definition) is 1. The number of ether oxygens (including phenoxy) is 1. The van der Waals surface area contributed by atoms with E-state index in [1.54, 1.807) is 7.11 Å². The summed E-state index contributed by atoms with van der Waals surface area (Å²) in [6.07, 6.45) is 4.98. The molecule has 3 aliphatic heterocycles. The molecule has 2 amide bonds. The summed E-state index contributed by atoms with van der Waals surface area (Å²) in [5, 5.41) is 2.94. The zero-order valence-electron chi connectivity index (χ0n) is 16.3. The SMILES string of the molecule is CCC1CN2C=NC(N3CCN(C(=O)Nc4ccc(OC)cc4)CC3)=CC2=N1. The number of amidine groups is 1. The predicted octanol–water partition coefficient (Wildman–Crippen LogP) is 2.22. The molecule has 3 aliphatic rings. The van der Waals surface area contributed by atoms with E-state index < -0.39 is 0 Å². The highest BCUT2D eigenvalue weighted by atomic mass is 16.5. The molecular formula is C20H26N6O2. The van der Waals surface area contributed by atoms with Crippen LogP contribution >= 0.6 is 0 Å². The van der Waals surface area contributed by atoms with Crippen LogP contribution in [0.25, 0.3) is 0 Å². The molecule has 0 bridgehead atoms. The zero-order chi connectivity index (χ0) is 19.5. The van der Waals surface area contributed by atoms with E-state index in [0.29, 0.717) is 19.1 Å². The monoisotopic (exact) mass is 382 g/mol. The highest BCUT2D eigenvalue weighted by Crippen LogP contribution is 2.20. The van der Waals surface area contributed by atoms with Crippen LogP contribution in [0.5, 0.6) is 5.75 Å². The first kappa shape index (κ1) is 18.3. The number of nitrogens with one attached hydrogen (secondary N) is 1. The Balaban J connectivity index is 1.32. The normalized spacial score (nSPS) is 21.2. The Hall–Kier alpha value is -3.03. The van der Waals surface area contributed by atoms with Crippen LogP contribution in [-0.2, 0) is 0 Å². The van der Waals surface area contributed by atoms with E-state index in [9.17, 15) is 4.79 Å². The number of methoxy groups -OCH3 is 1.